The van der Waals surface area contributed by atoms with Crippen molar-refractivity contribution in [2.45, 2.75) is 11.8 Å². The van der Waals surface area contributed by atoms with Gasteiger partial charge in [-0.05, 0) is 19.1 Å². The van der Waals surface area contributed by atoms with Gasteiger partial charge in [0.05, 0.1) is 0 Å². The zero-order valence-corrected chi connectivity index (χ0v) is 15.0. The van der Waals surface area contributed by atoms with E-state index in [4.69, 9.17) is 0 Å². The number of rotatable bonds is 7. The molecule has 1 aromatic carbocycles. The number of sulfonamides is 1. The number of aryl methyl sites for hydroxylation is 1. The molecule has 0 unspecified atom stereocenters. The predicted octanol–water partition coefficient (Wildman–Crippen LogP) is 1.64. The van der Waals surface area contributed by atoms with Crippen molar-refractivity contribution in [1.29, 1.82) is 0 Å². The van der Waals surface area contributed by atoms with Crippen LogP contribution in [0.5, 0.6) is 0 Å². The zero-order chi connectivity index (χ0) is 19.4. The van der Waals surface area contributed by atoms with E-state index in [1.807, 2.05) is 6.92 Å². The lowest BCUT2D eigenvalue weighted by molar-refractivity contribution is 0.543. The Morgan fingerprint density at radius 1 is 1.11 bits per heavy atom. The van der Waals surface area contributed by atoms with Crippen molar-refractivity contribution < 1.29 is 17.2 Å². The van der Waals surface area contributed by atoms with E-state index in [2.05, 4.69) is 25.0 Å². The summed E-state index contributed by atoms with van der Waals surface area (Å²) in [5.74, 6) is -0.141. The molecule has 0 aliphatic carbocycles. The van der Waals surface area contributed by atoms with Crippen molar-refractivity contribution in [2.75, 3.05) is 18.4 Å². The topological polar surface area (TPSA) is 102 Å². The molecule has 0 atom stereocenters. The summed E-state index contributed by atoms with van der Waals surface area (Å²) >= 11 is 0. The quantitative estimate of drug-likeness (QED) is 0.591. The lowest BCUT2D eigenvalue weighted by Crippen LogP contribution is -2.29. The molecule has 2 aromatic heterocycles. The number of halogens is 2. The molecular weight excluding hydrogens is 378 g/mol. The van der Waals surface area contributed by atoms with Crippen molar-refractivity contribution in [3.8, 4) is 5.82 Å². The Morgan fingerprint density at radius 3 is 2.63 bits per heavy atom. The highest BCUT2D eigenvalue weighted by Gasteiger charge is 2.18. The van der Waals surface area contributed by atoms with Crippen LogP contribution in [-0.2, 0) is 10.0 Å². The molecule has 8 nitrogen and oxygen atoms in total. The lowest BCUT2D eigenvalue weighted by Gasteiger charge is -2.10. The smallest absolute Gasteiger partial charge is 0.243 e. The van der Waals surface area contributed by atoms with Gasteiger partial charge in [-0.15, -0.1) is 0 Å². The number of imidazole rings is 1. The van der Waals surface area contributed by atoms with Crippen molar-refractivity contribution in [3.63, 3.8) is 0 Å². The minimum absolute atomic E-state index is 0.0252. The summed E-state index contributed by atoms with van der Waals surface area (Å²) in [7, 11) is -4.09. The van der Waals surface area contributed by atoms with Gasteiger partial charge in [0.25, 0.3) is 0 Å². The van der Waals surface area contributed by atoms with Crippen LogP contribution in [0.25, 0.3) is 5.82 Å². The van der Waals surface area contributed by atoms with E-state index in [0.717, 1.165) is 18.0 Å². The normalized spacial score (nSPS) is 11.5. The summed E-state index contributed by atoms with van der Waals surface area (Å²) < 4.78 is 54.7. The van der Waals surface area contributed by atoms with Crippen LogP contribution >= 0.6 is 0 Å². The Morgan fingerprint density at radius 2 is 1.93 bits per heavy atom. The molecule has 0 bridgehead atoms. The van der Waals surface area contributed by atoms with Crippen molar-refractivity contribution in [1.82, 2.24) is 24.2 Å². The number of nitrogens with zero attached hydrogens (tertiary/aromatic N) is 4. The highest BCUT2D eigenvalue weighted by molar-refractivity contribution is 7.89. The van der Waals surface area contributed by atoms with Crippen LogP contribution < -0.4 is 10.0 Å². The molecule has 3 aromatic rings. The maximum atomic E-state index is 13.6. The summed E-state index contributed by atoms with van der Waals surface area (Å²) in [6, 6.07) is 3.97. The van der Waals surface area contributed by atoms with Gasteiger partial charge in [-0.2, -0.15) is 0 Å². The van der Waals surface area contributed by atoms with Crippen molar-refractivity contribution >= 4 is 15.8 Å². The predicted molar refractivity (Wildman–Crippen MR) is 93.9 cm³/mol. The third-order valence-electron chi connectivity index (χ3n) is 3.63. The standard InChI is InChI=1S/C16H16F2N6O2S/c1-11-19-6-7-24(11)16-9-15(21-10-22-16)20-4-5-23-27(25,26)14-3-2-12(17)8-13(14)18/h2-3,6-10,23H,4-5H2,1H3,(H,20,21,22). The summed E-state index contributed by atoms with van der Waals surface area (Å²) in [4.78, 5) is 11.7. The zero-order valence-electron chi connectivity index (χ0n) is 14.2. The number of hydrogen-bond donors (Lipinski definition) is 2. The molecule has 11 heteroatoms. The monoisotopic (exact) mass is 394 g/mol. The number of aromatic nitrogens is 4. The highest BCUT2D eigenvalue weighted by atomic mass is 32.2. The van der Waals surface area contributed by atoms with Gasteiger partial charge in [0.2, 0.25) is 10.0 Å². The van der Waals surface area contributed by atoms with Crippen LogP contribution in [0.3, 0.4) is 0 Å². The molecule has 2 heterocycles. The molecule has 27 heavy (non-hydrogen) atoms. The maximum absolute atomic E-state index is 13.6. The molecule has 0 saturated carbocycles. The molecular formula is C16H16F2N6O2S. The van der Waals surface area contributed by atoms with E-state index in [1.165, 1.54) is 6.33 Å². The Hall–Kier alpha value is -2.92. The van der Waals surface area contributed by atoms with Crippen LogP contribution in [0.15, 0.2) is 47.9 Å². The van der Waals surface area contributed by atoms with E-state index in [9.17, 15) is 17.2 Å². The minimum atomic E-state index is -4.09. The van der Waals surface area contributed by atoms with E-state index in [-0.39, 0.29) is 13.1 Å². The van der Waals surface area contributed by atoms with Gasteiger partial charge in [0, 0.05) is 37.6 Å². The van der Waals surface area contributed by atoms with E-state index in [0.29, 0.717) is 17.7 Å². The Kier molecular flexibility index (Phi) is 5.42. The van der Waals surface area contributed by atoms with Gasteiger partial charge in [-0.3, -0.25) is 4.57 Å². The average Bonchev–Trinajstić information content (AvgIpc) is 3.05. The largest absolute Gasteiger partial charge is 0.369 e. The van der Waals surface area contributed by atoms with Gasteiger partial charge >= 0.3 is 0 Å². The second kappa shape index (κ2) is 7.76. The molecule has 0 spiro atoms. The second-order valence-corrected chi connectivity index (χ2v) is 7.24. The first-order valence-corrected chi connectivity index (χ1v) is 9.36. The molecule has 0 fully saturated rings. The molecule has 0 aliphatic rings. The first-order valence-electron chi connectivity index (χ1n) is 7.88. The fourth-order valence-corrected chi connectivity index (χ4v) is 3.43. The minimum Gasteiger partial charge on any atom is -0.369 e. The summed E-state index contributed by atoms with van der Waals surface area (Å²) in [5, 5.41) is 2.95. The molecule has 0 amide bonds. The molecule has 2 N–H and O–H groups in total. The van der Waals surface area contributed by atoms with E-state index >= 15 is 0 Å². The third-order valence-corrected chi connectivity index (χ3v) is 5.13. The molecule has 142 valence electrons. The Balaban J connectivity index is 1.60. The average molecular weight is 394 g/mol. The van der Waals surface area contributed by atoms with Crippen LogP contribution in [0, 0.1) is 18.6 Å². The number of anilines is 1. The van der Waals surface area contributed by atoms with E-state index in [1.54, 1.807) is 23.0 Å². The fraction of sp³-hybridized carbons (Fsp3) is 0.188. The van der Waals surface area contributed by atoms with E-state index < -0.39 is 26.6 Å². The lowest BCUT2D eigenvalue weighted by atomic mass is 10.3. The maximum Gasteiger partial charge on any atom is 0.243 e. The van der Waals surface area contributed by atoms with Crippen LogP contribution in [0.2, 0.25) is 0 Å². The first-order chi connectivity index (χ1) is 12.9. The first kappa shape index (κ1) is 18.9. The van der Waals surface area contributed by atoms with Gasteiger partial charge < -0.3 is 5.32 Å². The SMILES string of the molecule is Cc1nccn1-c1cc(NCCNS(=O)(=O)c2ccc(F)cc2F)ncn1. The molecule has 0 saturated heterocycles. The number of hydrogen-bond acceptors (Lipinski definition) is 6. The van der Waals surface area contributed by atoms with Gasteiger partial charge in [-0.1, -0.05) is 0 Å². The molecule has 3 rings (SSSR count). The van der Waals surface area contributed by atoms with Gasteiger partial charge in [0.15, 0.2) is 0 Å². The van der Waals surface area contributed by atoms with Crippen LogP contribution in [0.1, 0.15) is 5.82 Å². The third kappa shape index (κ3) is 4.44. The Bertz CT molecular complexity index is 1050. The number of benzene rings is 1. The number of nitrogens with one attached hydrogen (secondary N) is 2. The summed E-state index contributed by atoms with van der Waals surface area (Å²) in [6.07, 6.45) is 4.77. The molecule has 0 radical (unpaired) electrons. The Labute approximate surface area is 154 Å². The molecule has 0 aliphatic heterocycles. The summed E-state index contributed by atoms with van der Waals surface area (Å²) in [6.45, 7) is 2.00. The van der Waals surface area contributed by atoms with Crippen LogP contribution in [0.4, 0.5) is 14.6 Å². The van der Waals surface area contributed by atoms with Gasteiger partial charge in [0.1, 0.15) is 40.3 Å². The van der Waals surface area contributed by atoms with Crippen molar-refractivity contribution in [2.24, 2.45) is 0 Å². The highest BCUT2D eigenvalue weighted by Crippen LogP contribution is 2.15. The summed E-state index contributed by atoms with van der Waals surface area (Å²) in [5.41, 5.74) is 0. The van der Waals surface area contributed by atoms with Crippen molar-refractivity contribution in [3.05, 3.63) is 60.4 Å². The van der Waals surface area contributed by atoms with Gasteiger partial charge in [-0.25, -0.2) is 36.9 Å². The fourth-order valence-electron chi connectivity index (χ4n) is 2.34. The van der Waals surface area contributed by atoms with Crippen LogP contribution in [-0.4, -0.2) is 41.0 Å². The second-order valence-electron chi connectivity index (χ2n) is 5.51.